The molecule has 52 valence electrons. The Labute approximate surface area is 57.9 Å². The van der Waals surface area contributed by atoms with Gasteiger partial charge in [0.05, 0.1) is 17.1 Å². The van der Waals surface area contributed by atoms with Crippen molar-refractivity contribution in [1.29, 1.82) is 0 Å². The van der Waals surface area contributed by atoms with Crippen LogP contribution in [-0.4, -0.2) is 4.92 Å². The second-order valence-corrected chi connectivity index (χ2v) is 1.98. The molecule has 0 fully saturated rings. The second kappa shape index (κ2) is 2.43. The van der Waals surface area contributed by atoms with Crippen LogP contribution in [0.3, 0.4) is 0 Å². The number of nitrogens with zero attached hydrogens (tertiary/aromatic N) is 2. The van der Waals surface area contributed by atoms with Gasteiger partial charge in [-0.05, 0) is 0 Å². The summed E-state index contributed by atoms with van der Waals surface area (Å²) < 4.78 is 1.74. The van der Waals surface area contributed by atoms with Crippen LogP contribution >= 0.6 is 0 Å². The molecule has 0 amide bonds. The van der Waals surface area contributed by atoms with Gasteiger partial charge in [-0.3, -0.25) is 10.1 Å². The van der Waals surface area contributed by atoms with Gasteiger partial charge in [-0.25, -0.2) is 4.57 Å². The van der Waals surface area contributed by atoms with Crippen LogP contribution in [0.25, 0.3) is 0 Å². The van der Waals surface area contributed by atoms with Gasteiger partial charge in [-0.1, -0.05) is 0 Å². The molecule has 0 aromatic carbocycles. The fourth-order valence-electron chi connectivity index (χ4n) is 0.615. The minimum Gasteiger partial charge on any atom is -0.258 e. The van der Waals surface area contributed by atoms with Crippen LogP contribution in [0, 0.1) is 10.1 Å². The number of hydrogen-bond donors (Lipinski definition) is 0. The van der Waals surface area contributed by atoms with E-state index < -0.39 is 4.92 Å². The zero-order valence-electron chi connectivity index (χ0n) is 5.52. The van der Waals surface area contributed by atoms with Gasteiger partial charge in [-0.15, -0.1) is 0 Å². The molecule has 1 aromatic rings. The number of nitro groups is 1. The lowest BCUT2D eigenvalue weighted by Gasteiger charge is -1.86. The van der Waals surface area contributed by atoms with E-state index in [1.807, 2.05) is 7.05 Å². The Bertz CT molecular complexity index is 242. The average Bonchev–Trinajstić information content (AvgIpc) is 1.88. The molecule has 4 nitrogen and oxygen atoms in total. The first-order chi connectivity index (χ1) is 4.70. The first-order valence-corrected chi connectivity index (χ1v) is 2.80. The van der Waals surface area contributed by atoms with Crippen molar-refractivity contribution < 1.29 is 9.49 Å². The van der Waals surface area contributed by atoms with E-state index in [1.54, 1.807) is 17.0 Å². The molecule has 0 saturated heterocycles. The van der Waals surface area contributed by atoms with Crippen molar-refractivity contribution in [2.45, 2.75) is 0 Å². The van der Waals surface area contributed by atoms with Crippen LogP contribution in [-0.2, 0) is 7.05 Å². The van der Waals surface area contributed by atoms with E-state index in [0.29, 0.717) is 0 Å². The fraction of sp³-hybridized carbons (Fsp3) is 0.167. The van der Waals surface area contributed by atoms with Gasteiger partial charge in [0.15, 0.2) is 12.4 Å². The molecule has 0 spiro atoms. The molecular weight excluding hydrogens is 132 g/mol. The molecule has 0 N–H and O–H groups in total. The highest BCUT2D eigenvalue weighted by Crippen LogP contribution is 2.04. The molecule has 0 aliphatic carbocycles. The molecule has 0 bridgehead atoms. The lowest BCUT2D eigenvalue weighted by Crippen LogP contribution is -2.25. The quantitative estimate of drug-likeness (QED) is 0.321. The Morgan fingerprint density at radius 1 is 1.50 bits per heavy atom. The largest absolute Gasteiger partial charge is 0.281 e. The van der Waals surface area contributed by atoms with E-state index in [2.05, 4.69) is 0 Å². The molecular formula is C6H7N2O2+. The van der Waals surface area contributed by atoms with Crippen molar-refractivity contribution >= 4 is 5.69 Å². The summed E-state index contributed by atoms with van der Waals surface area (Å²) in [4.78, 5) is 9.69. The Morgan fingerprint density at radius 3 is 2.40 bits per heavy atom. The minimum absolute atomic E-state index is 0.123. The van der Waals surface area contributed by atoms with Gasteiger partial charge >= 0.3 is 0 Å². The number of rotatable bonds is 1. The van der Waals surface area contributed by atoms with E-state index >= 15 is 0 Å². The van der Waals surface area contributed by atoms with Gasteiger partial charge in [0, 0.05) is 0 Å². The SMILES string of the molecule is C[n+]1ccc([N+](=O)[O-])cc1. The summed E-state index contributed by atoms with van der Waals surface area (Å²) in [5, 5.41) is 10.1. The molecule has 1 heterocycles. The van der Waals surface area contributed by atoms with Crippen molar-refractivity contribution in [1.82, 2.24) is 0 Å². The van der Waals surface area contributed by atoms with E-state index in [9.17, 15) is 10.1 Å². The van der Waals surface area contributed by atoms with Gasteiger partial charge in [0.2, 0.25) is 0 Å². The molecule has 0 radical (unpaired) electrons. The van der Waals surface area contributed by atoms with Gasteiger partial charge in [-0.2, -0.15) is 0 Å². The molecule has 0 saturated carbocycles. The maximum Gasteiger partial charge on any atom is 0.281 e. The van der Waals surface area contributed by atoms with Gasteiger partial charge < -0.3 is 0 Å². The lowest BCUT2D eigenvalue weighted by molar-refractivity contribution is -0.672. The Hall–Kier alpha value is -1.45. The summed E-state index contributed by atoms with van der Waals surface area (Å²) in [5.41, 5.74) is 0.123. The van der Waals surface area contributed by atoms with Gasteiger partial charge in [0.25, 0.3) is 5.69 Å². The molecule has 0 atom stereocenters. The van der Waals surface area contributed by atoms with Crippen LogP contribution in [0.4, 0.5) is 5.69 Å². The molecule has 0 unspecified atom stereocenters. The Balaban J connectivity index is 3.00. The van der Waals surface area contributed by atoms with Crippen LogP contribution < -0.4 is 4.57 Å². The fourth-order valence-corrected chi connectivity index (χ4v) is 0.615. The van der Waals surface area contributed by atoms with Crippen LogP contribution in [0.1, 0.15) is 0 Å². The maximum absolute atomic E-state index is 10.1. The zero-order valence-corrected chi connectivity index (χ0v) is 5.52. The van der Waals surface area contributed by atoms with Crippen molar-refractivity contribution in [3.8, 4) is 0 Å². The molecule has 1 aromatic heterocycles. The third kappa shape index (κ3) is 1.28. The molecule has 0 aliphatic heterocycles. The maximum atomic E-state index is 10.1. The highest BCUT2D eigenvalue weighted by molar-refractivity contribution is 5.23. The summed E-state index contributed by atoms with van der Waals surface area (Å²) in [6.07, 6.45) is 3.27. The molecule has 4 heteroatoms. The molecule has 0 aliphatic rings. The lowest BCUT2D eigenvalue weighted by atomic mass is 10.4. The molecule has 1 rings (SSSR count). The standard InChI is InChI=1S/C6H7N2O2/c1-7-4-2-6(3-5-7)8(9)10/h2-5H,1H3/q+1. The summed E-state index contributed by atoms with van der Waals surface area (Å²) >= 11 is 0. The van der Waals surface area contributed by atoms with Crippen LogP contribution in [0.2, 0.25) is 0 Å². The van der Waals surface area contributed by atoms with Crippen LogP contribution in [0.5, 0.6) is 0 Å². The Kier molecular flexibility index (Phi) is 1.62. The highest BCUT2D eigenvalue weighted by atomic mass is 16.6. The third-order valence-electron chi connectivity index (χ3n) is 1.17. The molecule has 10 heavy (non-hydrogen) atoms. The number of hydrogen-bond acceptors (Lipinski definition) is 2. The van der Waals surface area contributed by atoms with Crippen molar-refractivity contribution in [2.75, 3.05) is 0 Å². The summed E-state index contributed by atoms with van der Waals surface area (Å²) in [7, 11) is 1.81. The zero-order chi connectivity index (χ0) is 7.56. The number of aryl methyl sites for hydroxylation is 1. The number of pyridine rings is 1. The minimum atomic E-state index is -0.417. The summed E-state index contributed by atoms with van der Waals surface area (Å²) in [5.74, 6) is 0. The topological polar surface area (TPSA) is 47.0 Å². The monoisotopic (exact) mass is 139 g/mol. The van der Waals surface area contributed by atoms with E-state index in [4.69, 9.17) is 0 Å². The van der Waals surface area contributed by atoms with Crippen molar-refractivity contribution in [3.05, 3.63) is 34.6 Å². The summed E-state index contributed by atoms with van der Waals surface area (Å²) in [6.45, 7) is 0. The Morgan fingerprint density at radius 2 is 2.00 bits per heavy atom. The smallest absolute Gasteiger partial charge is 0.258 e. The van der Waals surface area contributed by atoms with E-state index in [0.717, 1.165) is 0 Å². The predicted molar refractivity (Wildman–Crippen MR) is 34.3 cm³/mol. The van der Waals surface area contributed by atoms with Crippen molar-refractivity contribution in [3.63, 3.8) is 0 Å². The number of aromatic nitrogens is 1. The normalized spacial score (nSPS) is 9.30. The van der Waals surface area contributed by atoms with Gasteiger partial charge in [0.1, 0.15) is 7.05 Å². The summed E-state index contributed by atoms with van der Waals surface area (Å²) in [6, 6.07) is 2.92. The van der Waals surface area contributed by atoms with E-state index in [-0.39, 0.29) is 5.69 Å². The van der Waals surface area contributed by atoms with Crippen molar-refractivity contribution in [2.24, 2.45) is 7.05 Å². The highest BCUT2D eigenvalue weighted by Gasteiger charge is 2.04. The first kappa shape index (κ1) is 6.67. The third-order valence-corrected chi connectivity index (χ3v) is 1.17. The average molecular weight is 139 g/mol. The van der Waals surface area contributed by atoms with E-state index in [1.165, 1.54) is 12.1 Å². The first-order valence-electron chi connectivity index (χ1n) is 2.80. The van der Waals surface area contributed by atoms with Crippen LogP contribution in [0.15, 0.2) is 24.5 Å². The second-order valence-electron chi connectivity index (χ2n) is 1.98. The predicted octanol–water partition coefficient (Wildman–Crippen LogP) is 0.419.